The van der Waals surface area contributed by atoms with Crippen molar-refractivity contribution in [2.24, 2.45) is 0 Å². The van der Waals surface area contributed by atoms with Crippen LogP contribution in [0.3, 0.4) is 0 Å². The van der Waals surface area contributed by atoms with E-state index >= 15 is 0 Å². The van der Waals surface area contributed by atoms with Crippen LogP contribution >= 0.6 is 0 Å². The van der Waals surface area contributed by atoms with Gasteiger partial charge in [0.1, 0.15) is 11.4 Å². The fourth-order valence-electron chi connectivity index (χ4n) is 2.54. The smallest absolute Gasteiger partial charge is 0.276 e. The predicted molar refractivity (Wildman–Crippen MR) is 95.9 cm³/mol. The van der Waals surface area contributed by atoms with Crippen molar-refractivity contribution >= 4 is 22.6 Å². The van der Waals surface area contributed by atoms with Crippen LogP contribution in [0.1, 0.15) is 10.5 Å². The van der Waals surface area contributed by atoms with E-state index in [-0.39, 0.29) is 11.6 Å². The van der Waals surface area contributed by atoms with Crippen molar-refractivity contribution in [1.29, 1.82) is 0 Å². The number of aromatic amines is 1. The van der Waals surface area contributed by atoms with Gasteiger partial charge in [0.2, 0.25) is 11.8 Å². The molecule has 4 rings (SSSR count). The van der Waals surface area contributed by atoms with Crippen molar-refractivity contribution < 1.29 is 9.53 Å². The number of benzene rings is 1. The number of carbonyl (C=O) groups is 1. The summed E-state index contributed by atoms with van der Waals surface area (Å²) in [5, 5.41) is 11.1. The van der Waals surface area contributed by atoms with E-state index in [0.717, 1.165) is 10.8 Å². The van der Waals surface area contributed by atoms with Gasteiger partial charge in [-0.1, -0.05) is 24.3 Å². The monoisotopic (exact) mass is 346 g/mol. The van der Waals surface area contributed by atoms with Gasteiger partial charge >= 0.3 is 0 Å². The summed E-state index contributed by atoms with van der Waals surface area (Å²) in [6, 6.07) is 14.7. The summed E-state index contributed by atoms with van der Waals surface area (Å²) in [6.07, 6.45) is 1.65. The number of pyridine rings is 2. The lowest BCUT2D eigenvalue weighted by Crippen LogP contribution is -2.15. The molecule has 2 N–H and O–H groups in total. The first-order valence-electron chi connectivity index (χ1n) is 7.83. The molecule has 0 aliphatic carbocycles. The molecule has 128 valence electrons. The number of rotatable bonds is 4. The van der Waals surface area contributed by atoms with Crippen molar-refractivity contribution in [2.75, 3.05) is 12.4 Å². The van der Waals surface area contributed by atoms with E-state index in [1.807, 2.05) is 30.3 Å². The normalized spacial score (nSPS) is 10.7. The first-order chi connectivity index (χ1) is 12.7. The molecule has 4 aromatic rings. The molecule has 0 radical (unpaired) electrons. The van der Waals surface area contributed by atoms with E-state index < -0.39 is 5.91 Å². The summed E-state index contributed by atoms with van der Waals surface area (Å²) in [7, 11) is 1.52. The van der Waals surface area contributed by atoms with Crippen molar-refractivity contribution in [3.05, 3.63) is 60.4 Å². The highest BCUT2D eigenvalue weighted by Crippen LogP contribution is 2.24. The Hall–Kier alpha value is -3.81. The molecule has 0 fully saturated rings. The minimum absolute atomic E-state index is 0.143. The molecule has 0 bridgehead atoms. The van der Waals surface area contributed by atoms with Crippen LogP contribution in [-0.2, 0) is 0 Å². The summed E-state index contributed by atoms with van der Waals surface area (Å²) in [5.74, 6) is 0.563. The molecular weight excluding hydrogens is 332 g/mol. The zero-order chi connectivity index (χ0) is 17.9. The molecule has 0 spiro atoms. The van der Waals surface area contributed by atoms with Gasteiger partial charge in [0, 0.05) is 11.6 Å². The van der Waals surface area contributed by atoms with Crippen LogP contribution in [0.15, 0.2) is 54.7 Å². The van der Waals surface area contributed by atoms with E-state index in [2.05, 4.69) is 30.5 Å². The number of ether oxygens (including phenoxy) is 1. The average molecular weight is 346 g/mol. The van der Waals surface area contributed by atoms with Crippen LogP contribution < -0.4 is 10.1 Å². The van der Waals surface area contributed by atoms with Crippen LogP contribution in [0.25, 0.3) is 22.3 Å². The molecule has 0 aliphatic rings. The second-order valence-corrected chi connectivity index (χ2v) is 5.41. The lowest BCUT2D eigenvalue weighted by atomic mass is 10.1. The zero-order valence-electron chi connectivity index (χ0n) is 13.8. The van der Waals surface area contributed by atoms with Crippen molar-refractivity contribution in [3.63, 3.8) is 0 Å². The van der Waals surface area contributed by atoms with Gasteiger partial charge in [0.15, 0.2) is 5.82 Å². The molecule has 8 nitrogen and oxygen atoms in total. The maximum atomic E-state index is 12.5. The van der Waals surface area contributed by atoms with Gasteiger partial charge in [-0.2, -0.15) is 4.98 Å². The van der Waals surface area contributed by atoms with E-state index in [1.165, 1.54) is 7.11 Å². The van der Waals surface area contributed by atoms with Gasteiger partial charge in [-0.15, -0.1) is 5.10 Å². The van der Waals surface area contributed by atoms with E-state index in [0.29, 0.717) is 17.4 Å². The third-order valence-electron chi connectivity index (χ3n) is 3.75. The first kappa shape index (κ1) is 15.7. The number of amides is 1. The van der Waals surface area contributed by atoms with Crippen LogP contribution in [0.5, 0.6) is 5.88 Å². The number of nitrogens with one attached hydrogen (secondary N) is 2. The fraction of sp³-hybridized carbons (Fsp3) is 0.0556. The van der Waals surface area contributed by atoms with E-state index in [4.69, 9.17) is 4.74 Å². The molecule has 0 saturated carbocycles. The average Bonchev–Trinajstić information content (AvgIpc) is 3.16. The Bertz CT molecular complexity index is 1080. The molecule has 1 aromatic carbocycles. The summed E-state index contributed by atoms with van der Waals surface area (Å²) in [6.45, 7) is 0. The Kier molecular flexibility index (Phi) is 3.98. The topological polar surface area (TPSA) is 106 Å². The highest BCUT2D eigenvalue weighted by atomic mass is 16.5. The molecule has 8 heteroatoms. The second-order valence-electron chi connectivity index (χ2n) is 5.41. The number of hydrogen-bond donors (Lipinski definition) is 2. The molecule has 26 heavy (non-hydrogen) atoms. The number of anilines is 1. The molecular formula is C18H14N6O2. The molecule has 0 unspecified atom stereocenters. The van der Waals surface area contributed by atoms with E-state index in [1.54, 1.807) is 24.4 Å². The largest absolute Gasteiger partial charge is 0.481 e. The Morgan fingerprint density at radius 3 is 2.77 bits per heavy atom. The Morgan fingerprint density at radius 1 is 1.12 bits per heavy atom. The van der Waals surface area contributed by atoms with Crippen molar-refractivity contribution in [2.45, 2.75) is 0 Å². The molecule has 1 amide bonds. The summed E-state index contributed by atoms with van der Waals surface area (Å²) in [4.78, 5) is 25.2. The summed E-state index contributed by atoms with van der Waals surface area (Å²) >= 11 is 0. The number of fused-ring (bicyclic) bond motifs is 1. The maximum Gasteiger partial charge on any atom is 0.276 e. The predicted octanol–water partition coefficient (Wildman–Crippen LogP) is 2.68. The number of carbonyl (C=O) groups excluding carboxylic acids is 1. The third-order valence-corrected chi connectivity index (χ3v) is 3.75. The van der Waals surface area contributed by atoms with Crippen molar-refractivity contribution in [3.8, 4) is 17.4 Å². The minimum atomic E-state index is -0.430. The summed E-state index contributed by atoms with van der Waals surface area (Å²) in [5.41, 5.74) is 0.843. The van der Waals surface area contributed by atoms with Crippen LogP contribution in [0, 0.1) is 0 Å². The number of nitrogens with zero attached hydrogens (tertiary/aromatic N) is 4. The molecule has 0 atom stereocenters. The molecule has 3 heterocycles. The number of aromatic nitrogens is 5. The molecule has 3 aromatic heterocycles. The number of methoxy groups -OCH3 is 1. The van der Waals surface area contributed by atoms with Gasteiger partial charge in [-0.25, -0.2) is 4.98 Å². The summed E-state index contributed by atoms with van der Waals surface area (Å²) < 4.78 is 5.29. The van der Waals surface area contributed by atoms with Gasteiger partial charge in [0.25, 0.3) is 5.91 Å². The first-order valence-corrected chi connectivity index (χ1v) is 7.83. The second kappa shape index (κ2) is 6.60. The SMILES string of the molecule is COc1nc(C(=O)Nc2n[nH]c(-c3ccccn3)n2)cc2ccccc12. The number of hydrogen-bond acceptors (Lipinski definition) is 6. The highest BCUT2D eigenvalue weighted by molar-refractivity contribution is 6.04. The van der Waals surface area contributed by atoms with E-state index in [9.17, 15) is 4.79 Å². The van der Waals surface area contributed by atoms with Crippen LogP contribution in [0.2, 0.25) is 0 Å². The lowest BCUT2D eigenvalue weighted by molar-refractivity contribution is 0.102. The Labute approximate surface area is 148 Å². The quantitative estimate of drug-likeness (QED) is 0.588. The number of H-pyrrole nitrogens is 1. The maximum absolute atomic E-state index is 12.5. The van der Waals surface area contributed by atoms with Gasteiger partial charge < -0.3 is 4.74 Å². The molecule has 0 aliphatic heterocycles. The van der Waals surface area contributed by atoms with Gasteiger partial charge in [0.05, 0.1) is 7.11 Å². The highest BCUT2D eigenvalue weighted by Gasteiger charge is 2.15. The fourth-order valence-corrected chi connectivity index (χ4v) is 2.54. The Morgan fingerprint density at radius 2 is 1.96 bits per heavy atom. The van der Waals surface area contributed by atoms with Gasteiger partial charge in [-0.05, 0) is 29.7 Å². The van der Waals surface area contributed by atoms with Crippen LogP contribution in [-0.4, -0.2) is 38.2 Å². The van der Waals surface area contributed by atoms with Crippen LogP contribution in [0.4, 0.5) is 5.95 Å². The lowest BCUT2D eigenvalue weighted by Gasteiger charge is -2.07. The van der Waals surface area contributed by atoms with Gasteiger partial charge in [-0.3, -0.25) is 20.2 Å². The zero-order valence-corrected chi connectivity index (χ0v) is 13.8. The minimum Gasteiger partial charge on any atom is -0.481 e. The van der Waals surface area contributed by atoms with Crippen molar-refractivity contribution in [1.82, 2.24) is 25.1 Å². The standard InChI is InChI=1S/C18H14N6O2/c1-26-17-12-7-3-2-6-11(12)10-14(20-17)16(25)22-18-21-15(23-24-18)13-8-4-5-9-19-13/h2-10H,1H3,(H2,21,22,23,24,25). The Balaban J connectivity index is 1.61. The third kappa shape index (κ3) is 2.95. The molecule has 0 saturated heterocycles.